The molecular formula is C29H23BrN2O7S. The Hall–Kier alpha value is -4.06. The molecular weight excluding hydrogens is 600 g/mol. The molecule has 2 aromatic carbocycles. The molecule has 3 heterocycles. The number of hydrogen-bond acceptors (Lipinski definition) is 9. The minimum Gasteiger partial charge on any atom is -0.460 e. The van der Waals surface area contributed by atoms with Crippen molar-refractivity contribution in [3.63, 3.8) is 0 Å². The van der Waals surface area contributed by atoms with Crippen LogP contribution < -0.4 is 19.6 Å². The third kappa shape index (κ3) is 5.76. The molecule has 0 amide bonds. The Bertz CT molecular complexity index is 1770. The summed E-state index contributed by atoms with van der Waals surface area (Å²) < 4.78 is 23.8. The fraction of sp³-hybridized carbons (Fsp3) is 0.172. The highest BCUT2D eigenvalue weighted by Crippen LogP contribution is 2.32. The van der Waals surface area contributed by atoms with Crippen molar-refractivity contribution in [2.75, 3.05) is 20.3 Å². The Morgan fingerprint density at radius 3 is 2.60 bits per heavy atom. The molecule has 40 heavy (non-hydrogen) atoms. The van der Waals surface area contributed by atoms with E-state index in [1.807, 2.05) is 24.3 Å². The number of rotatable bonds is 8. The Kier molecular flexibility index (Phi) is 8.24. The molecule has 0 radical (unpaired) electrons. The molecule has 1 aliphatic rings. The molecule has 204 valence electrons. The summed E-state index contributed by atoms with van der Waals surface area (Å²) in [5.74, 6) is -0.896. The number of esters is 2. The van der Waals surface area contributed by atoms with Crippen LogP contribution >= 0.6 is 27.3 Å². The first kappa shape index (κ1) is 27.5. The summed E-state index contributed by atoms with van der Waals surface area (Å²) >= 11 is 4.70. The van der Waals surface area contributed by atoms with Gasteiger partial charge in [-0.05, 0) is 60.5 Å². The van der Waals surface area contributed by atoms with E-state index < -0.39 is 18.0 Å². The van der Waals surface area contributed by atoms with Crippen molar-refractivity contribution in [2.24, 2.45) is 4.99 Å². The number of furan rings is 1. The molecule has 0 saturated carbocycles. The number of carbonyl (C=O) groups is 2. The zero-order chi connectivity index (χ0) is 28.2. The van der Waals surface area contributed by atoms with Crippen LogP contribution in [-0.4, -0.2) is 36.8 Å². The van der Waals surface area contributed by atoms with Gasteiger partial charge in [0.1, 0.15) is 12.4 Å². The maximum absolute atomic E-state index is 13.8. The lowest BCUT2D eigenvalue weighted by Gasteiger charge is -2.25. The number of benzene rings is 2. The molecule has 5 rings (SSSR count). The predicted molar refractivity (Wildman–Crippen MR) is 151 cm³/mol. The normalized spacial score (nSPS) is 15.0. The van der Waals surface area contributed by atoms with Crippen LogP contribution in [-0.2, 0) is 14.3 Å². The molecule has 0 bridgehead atoms. The van der Waals surface area contributed by atoms with E-state index in [1.54, 1.807) is 43.3 Å². The highest BCUT2D eigenvalue weighted by Gasteiger charge is 2.33. The number of carbonyl (C=O) groups excluding carboxylic acids is 2. The summed E-state index contributed by atoms with van der Waals surface area (Å²) in [6, 6.07) is 16.4. The van der Waals surface area contributed by atoms with E-state index in [0.29, 0.717) is 20.6 Å². The number of methoxy groups -OCH3 is 1. The van der Waals surface area contributed by atoms with E-state index in [1.165, 1.54) is 35.3 Å². The summed E-state index contributed by atoms with van der Waals surface area (Å²) in [7, 11) is 1.51. The average Bonchev–Trinajstić information content (AvgIpc) is 3.57. The van der Waals surface area contributed by atoms with E-state index in [2.05, 4.69) is 20.9 Å². The minimum atomic E-state index is -0.814. The highest BCUT2D eigenvalue weighted by molar-refractivity contribution is 9.10. The molecule has 0 saturated heterocycles. The molecule has 2 aromatic heterocycles. The largest absolute Gasteiger partial charge is 0.460 e. The molecule has 11 heteroatoms. The number of fused-ring (bicyclic) bond motifs is 1. The summed E-state index contributed by atoms with van der Waals surface area (Å²) in [4.78, 5) is 44.4. The standard InChI is InChI=1S/C29H23BrN2O7S/c1-17-24(28(35)38-14-13-36-2)25(19-8-10-21(11-9-19)39-27(34)22-7-4-12-37-22)32-26(33)23(40-29(32)31-17)16-18-5-3-6-20(30)15-18/h3-12,15-16,25H,13-14H2,1-2H3/b23-16-/t25-/m1/s1. The number of thiazole rings is 1. The molecule has 4 aromatic rings. The van der Waals surface area contributed by atoms with Crippen LogP contribution in [0.5, 0.6) is 5.75 Å². The van der Waals surface area contributed by atoms with Gasteiger partial charge in [-0.25, -0.2) is 14.6 Å². The second-order valence-electron chi connectivity index (χ2n) is 8.70. The number of aromatic nitrogens is 1. The number of hydrogen-bond donors (Lipinski definition) is 0. The molecule has 0 spiro atoms. The molecule has 0 aliphatic carbocycles. The van der Waals surface area contributed by atoms with Crippen LogP contribution in [0.25, 0.3) is 6.08 Å². The second kappa shape index (κ2) is 12.0. The fourth-order valence-corrected chi connectivity index (χ4v) is 5.68. The van der Waals surface area contributed by atoms with E-state index in [9.17, 15) is 14.4 Å². The minimum absolute atomic E-state index is 0.0494. The van der Waals surface area contributed by atoms with E-state index in [-0.39, 0.29) is 35.9 Å². The molecule has 1 atom stereocenters. The molecule has 0 N–H and O–H groups in total. The van der Waals surface area contributed by atoms with E-state index in [0.717, 1.165) is 10.0 Å². The maximum Gasteiger partial charge on any atom is 0.379 e. The maximum atomic E-state index is 13.8. The number of nitrogens with zero attached hydrogens (tertiary/aromatic N) is 2. The van der Waals surface area contributed by atoms with Gasteiger partial charge in [0.25, 0.3) is 5.56 Å². The van der Waals surface area contributed by atoms with Crippen LogP contribution in [0.15, 0.2) is 96.9 Å². The van der Waals surface area contributed by atoms with Gasteiger partial charge < -0.3 is 18.6 Å². The van der Waals surface area contributed by atoms with Gasteiger partial charge >= 0.3 is 11.9 Å². The van der Waals surface area contributed by atoms with Crippen molar-refractivity contribution in [3.8, 4) is 5.75 Å². The number of ether oxygens (including phenoxy) is 3. The number of halogens is 1. The summed E-state index contributed by atoms with van der Waals surface area (Å²) in [6.45, 7) is 1.99. The Morgan fingerprint density at radius 1 is 1.10 bits per heavy atom. The van der Waals surface area contributed by atoms with E-state index in [4.69, 9.17) is 18.6 Å². The highest BCUT2D eigenvalue weighted by atomic mass is 79.9. The molecule has 0 fully saturated rings. The van der Waals surface area contributed by atoms with Gasteiger partial charge in [-0.1, -0.05) is 51.5 Å². The van der Waals surface area contributed by atoms with Crippen LogP contribution in [0.1, 0.15) is 34.6 Å². The van der Waals surface area contributed by atoms with Crippen molar-refractivity contribution < 1.29 is 28.2 Å². The first-order chi connectivity index (χ1) is 19.4. The van der Waals surface area contributed by atoms with Crippen LogP contribution in [0.4, 0.5) is 0 Å². The summed E-state index contributed by atoms with van der Waals surface area (Å²) in [5, 5.41) is 0. The molecule has 9 nitrogen and oxygen atoms in total. The Balaban J connectivity index is 1.57. The third-order valence-corrected chi connectivity index (χ3v) is 7.51. The van der Waals surface area contributed by atoms with Gasteiger partial charge in [0, 0.05) is 11.6 Å². The molecule has 0 unspecified atom stereocenters. The van der Waals surface area contributed by atoms with Gasteiger partial charge in [0.05, 0.1) is 34.7 Å². The van der Waals surface area contributed by atoms with Crippen LogP contribution in [0, 0.1) is 0 Å². The lowest BCUT2D eigenvalue weighted by atomic mass is 9.96. The zero-order valence-corrected chi connectivity index (χ0v) is 23.9. The van der Waals surface area contributed by atoms with Crippen molar-refractivity contribution >= 4 is 45.3 Å². The second-order valence-corrected chi connectivity index (χ2v) is 10.6. The fourth-order valence-electron chi connectivity index (χ4n) is 4.21. The van der Waals surface area contributed by atoms with Gasteiger partial charge in [-0.3, -0.25) is 9.36 Å². The van der Waals surface area contributed by atoms with Crippen LogP contribution in [0.3, 0.4) is 0 Å². The van der Waals surface area contributed by atoms with Crippen molar-refractivity contribution in [1.82, 2.24) is 4.57 Å². The van der Waals surface area contributed by atoms with Gasteiger partial charge in [-0.15, -0.1) is 0 Å². The van der Waals surface area contributed by atoms with Gasteiger partial charge in [-0.2, -0.15) is 0 Å². The number of allylic oxidation sites excluding steroid dienone is 1. The first-order valence-electron chi connectivity index (χ1n) is 12.2. The lowest BCUT2D eigenvalue weighted by molar-refractivity contribution is -0.140. The Labute approximate surface area is 240 Å². The monoisotopic (exact) mass is 622 g/mol. The average molecular weight is 623 g/mol. The quantitative estimate of drug-likeness (QED) is 0.166. The van der Waals surface area contributed by atoms with Gasteiger partial charge in [0.15, 0.2) is 4.80 Å². The first-order valence-corrected chi connectivity index (χ1v) is 13.8. The SMILES string of the molecule is COCCOC(=O)C1=C(C)N=c2s/c(=C\c3cccc(Br)c3)c(=O)n2[C@@H]1c1ccc(OC(=O)c2ccco2)cc1. The van der Waals surface area contributed by atoms with Crippen molar-refractivity contribution in [1.29, 1.82) is 0 Å². The van der Waals surface area contributed by atoms with Gasteiger partial charge in [0.2, 0.25) is 5.76 Å². The zero-order valence-electron chi connectivity index (χ0n) is 21.5. The van der Waals surface area contributed by atoms with Crippen molar-refractivity contribution in [2.45, 2.75) is 13.0 Å². The molecule has 1 aliphatic heterocycles. The predicted octanol–water partition coefficient (Wildman–Crippen LogP) is 4.00. The summed E-state index contributed by atoms with van der Waals surface area (Å²) in [5.41, 5.74) is 1.83. The van der Waals surface area contributed by atoms with E-state index >= 15 is 0 Å². The van der Waals surface area contributed by atoms with Crippen molar-refractivity contribution in [3.05, 3.63) is 119 Å². The smallest absolute Gasteiger partial charge is 0.379 e. The lowest BCUT2D eigenvalue weighted by Crippen LogP contribution is -2.40. The Morgan fingerprint density at radius 2 is 1.90 bits per heavy atom. The third-order valence-electron chi connectivity index (χ3n) is 6.04. The topological polar surface area (TPSA) is 109 Å². The van der Waals surface area contributed by atoms with Crippen LogP contribution in [0.2, 0.25) is 0 Å². The summed E-state index contributed by atoms with van der Waals surface area (Å²) in [6.07, 6.45) is 3.17.